The summed E-state index contributed by atoms with van der Waals surface area (Å²) in [6.45, 7) is 5.11. The Kier molecular flexibility index (Phi) is 7.26. The Morgan fingerprint density at radius 2 is 1.86 bits per heavy atom. The van der Waals surface area contributed by atoms with Crippen LogP contribution in [0.4, 0.5) is 5.69 Å². The summed E-state index contributed by atoms with van der Waals surface area (Å²) >= 11 is 1.61. The van der Waals surface area contributed by atoms with Crippen LogP contribution < -0.4 is 10.6 Å². The largest absolute Gasteiger partial charge is 0.459 e. The molecule has 0 saturated carbocycles. The van der Waals surface area contributed by atoms with E-state index in [9.17, 15) is 14.4 Å². The molecule has 35 heavy (non-hydrogen) atoms. The molecule has 4 aromatic rings. The fraction of sp³-hybridized carbons (Fsp3) is 0.231. The number of ether oxygens (including phenoxy) is 1. The first-order valence-electron chi connectivity index (χ1n) is 11.1. The number of hydrogen-bond acceptors (Lipinski definition) is 7. The summed E-state index contributed by atoms with van der Waals surface area (Å²) in [6, 6.07) is 15.6. The number of carbonyl (C=O) groups excluding carboxylic acids is 3. The van der Waals surface area contributed by atoms with Crippen molar-refractivity contribution in [1.82, 2.24) is 10.3 Å². The number of esters is 1. The molecule has 0 aliphatic carbocycles. The molecule has 8 nitrogen and oxygen atoms in total. The van der Waals surface area contributed by atoms with Crippen molar-refractivity contribution in [2.75, 3.05) is 11.9 Å². The van der Waals surface area contributed by atoms with Gasteiger partial charge in [-0.15, -0.1) is 11.3 Å². The molecular formula is C26H25N3O5S. The molecule has 2 aromatic carbocycles. The Balaban J connectivity index is 1.32. The summed E-state index contributed by atoms with van der Waals surface area (Å²) in [5, 5.41) is 6.19. The van der Waals surface area contributed by atoms with Gasteiger partial charge in [0.1, 0.15) is 11.0 Å². The number of furan rings is 1. The molecule has 0 spiro atoms. The van der Waals surface area contributed by atoms with Gasteiger partial charge >= 0.3 is 5.97 Å². The van der Waals surface area contributed by atoms with E-state index in [1.54, 1.807) is 43.4 Å². The monoisotopic (exact) mass is 491 g/mol. The van der Waals surface area contributed by atoms with Gasteiger partial charge in [-0.05, 0) is 66.9 Å². The first kappa shape index (κ1) is 24.2. The zero-order valence-corrected chi connectivity index (χ0v) is 20.3. The third kappa shape index (κ3) is 5.93. The number of nitrogens with zero attached hydrogens (tertiary/aromatic N) is 1. The van der Waals surface area contributed by atoms with E-state index in [0.717, 1.165) is 20.8 Å². The summed E-state index contributed by atoms with van der Waals surface area (Å²) in [5.74, 6) is -1.87. The maximum absolute atomic E-state index is 12.5. The molecule has 0 fully saturated rings. The van der Waals surface area contributed by atoms with E-state index < -0.39 is 30.4 Å². The topological polar surface area (TPSA) is 111 Å². The molecule has 2 heterocycles. The van der Waals surface area contributed by atoms with Crippen LogP contribution in [0.1, 0.15) is 30.0 Å². The molecule has 0 unspecified atom stereocenters. The van der Waals surface area contributed by atoms with Crippen LogP contribution in [0, 0.1) is 12.8 Å². The van der Waals surface area contributed by atoms with Gasteiger partial charge < -0.3 is 19.8 Å². The summed E-state index contributed by atoms with van der Waals surface area (Å²) < 4.78 is 11.3. The Labute approximate surface area is 206 Å². The maximum Gasteiger partial charge on any atom is 0.329 e. The normalized spacial score (nSPS) is 11.9. The molecule has 0 saturated heterocycles. The first-order chi connectivity index (χ1) is 16.8. The second kappa shape index (κ2) is 10.5. The highest BCUT2D eigenvalue weighted by Gasteiger charge is 2.27. The third-order valence-electron chi connectivity index (χ3n) is 5.26. The third-order valence-corrected chi connectivity index (χ3v) is 6.32. The number of aryl methyl sites for hydroxylation is 1. The number of benzene rings is 2. The summed E-state index contributed by atoms with van der Waals surface area (Å²) in [7, 11) is 0. The number of carbonyl (C=O) groups is 3. The number of anilines is 1. The van der Waals surface area contributed by atoms with Crippen LogP contribution in [0.15, 0.2) is 65.3 Å². The number of hydrogen-bond donors (Lipinski definition) is 2. The molecular weight excluding hydrogens is 466 g/mol. The molecule has 2 N–H and O–H groups in total. The lowest BCUT2D eigenvalue weighted by Gasteiger charge is -2.20. The zero-order valence-electron chi connectivity index (χ0n) is 19.5. The molecule has 0 aliphatic rings. The number of fused-ring (bicyclic) bond motifs is 1. The highest BCUT2D eigenvalue weighted by Crippen LogP contribution is 2.31. The van der Waals surface area contributed by atoms with Gasteiger partial charge in [-0.3, -0.25) is 9.59 Å². The van der Waals surface area contributed by atoms with Gasteiger partial charge in [0.15, 0.2) is 12.4 Å². The minimum absolute atomic E-state index is 0.0885. The van der Waals surface area contributed by atoms with Crippen LogP contribution >= 0.6 is 11.3 Å². The molecule has 2 amide bonds. The predicted octanol–water partition coefficient (Wildman–Crippen LogP) is 4.80. The van der Waals surface area contributed by atoms with Crippen molar-refractivity contribution >= 4 is 45.0 Å². The van der Waals surface area contributed by atoms with Crippen LogP contribution in [0.3, 0.4) is 0 Å². The Bertz CT molecular complexity index is 1340. The number of amides is 2. The lowest BCUT2D eigenvalue weighted by atomic mass is 10.0. The van der Waals surface area contributed by atoms with Gasteiger partial charge in [0.05, 0.1) is 16.5 Å². The average Bonchev–Trinajstić information content (AvgIpc) is 3.51. The Morgan fingerprint density at radius 3 is 2.54 bits per heavy atom. The van der Waals surface area contributed by atoms with Gasteiger partial charge in [0.25, 0.3) is 11.8 Å². The quantitative estimate of drug-likeness (QED) is 0.343. The van der Waals surface area contributed by atoms with Crippen molar-refractivity contribution in [1.29, 1.82) is 0 Å². The molecule has 0 aliphatic heterocycles. The minimum Gasteiger partial charge on any atom is -0.459 e. The molecule has 4 rings (SSSR count). The van der Waals surface area contributed by atoms with Crippen LogP contribution in [-0.2, 0) is 14.3 Å². The van der Waals surface area contributed by atoms with Crippen molar-refractivity contribution in [3.63, 3.8) is 0 Å². The summed E-state index contributed by atoms with van der Waals surface area (Å²) in [4.78, 5) is 41.7. The summed E-state index contributed by atoms with van der Waals surface area (Å²) in [5.41, 5.74) is 3.65. The molecule has 2 aromatic heterocycles. The first-order valence-corrected chi connectivity index (χ1v) is 11.9. The average molecular weight is 492 g/mol. The van der Waals surface area contributed by atoms with Gasteiger partial charge in [-0.1, -0.05) is 19.9 Å². The van der Waals surface area contributed by atoms with E-state index in [0.29, 0.717) is 5.69 Å². The number of aromatic nitrogens is 1. The van der Waals surface area contributed by atoms with Crippen LogP contribution in [0.2, 0.25) is 0 Å². The van der Waals surface area contributed by atoms with Crippen LogP contribution in [0.5, 0.6) is 0 Å². The van der Waals surface area contributed by atoms with Gasteiger partial charge in [-0.2, -0.15) is 0 Å². The molecule has 1 atom stereocenters. The van der Waals surface area contributed by atoms with Crippen molar-refractivity contribution in [2.45, 2.75) is 26.8 Å². The molecule has 0 bridgehead atoms. The van der Waals surface area contributed by atoms with E-state index >= 15 is 0 Å². The van der Waals surface area contributed by atoms with Gasteiger partial charge in [0.2, 0.25) is 0 Å². The molecule has 9 heteroatoms. The zero-order chi connectivity index (χ0) is 24.9. The van der Waals surface area contributed by atoms with E-state index in [2.05, 4.69) is 21.7 Å². The second-order valence-corrected chi connectivity index (χ2v) is 9.43. The lowest BCUT2D eigenvalue weighted by Crippen LogP contribution is -2.45. The highest BCUT2D eigenvalue weighted by atomic mass is 32.1. The second-order valence-electron chi connectivity index (χ2n) is 8.40. The Hall–Kier alpha value is -3.98. The Morgan fingerprint density at radius 1 is 1.09 bits per heavy atom. The minimum atomic E-state index is -0.919. The van der Waals surface area contributed by atoms with E-state index in [4.69, 9.17) is 9.15 Å². The van der Waals surface area contributed by atoms with E-state index in [1.165, 1.54) is 17.9 Å². The summed E-state index contributed by atoms with van der Waals surface area (Å²) in [6.07, 6.45) is 1.37. The van der Waals surface area contributed by atoms with Crippen molar-refractivity contribution in [3.8, 4) is 10.6 Å². The SMILES string of the molecule is Cc1ccc2nc(-c3ccc(NC(=O)COC(=O)[C@H](NC(=O)c4ccco4)C(C)C)cc3)sc2c1. The van der Waals surface area contributed by atoms with Gasteiger partial charge in [0, 0.05) is 11.3 Å². The van der Waals surface area contributed by atoms with Crippen LogP contribution in [0.25, 0.3) is 20.8 Å². The molecule has 180 valence electrons. The van der Waals surface area contributed by atoms with Gasteiger partial charge in [-0.25, -0.2) is 9.78 Å². The van der Waals surface area contributed by atoms with E-state index in [1.807, 2.05) is 31.2 Å². The highest BCUT2D eigenvalue weighted by molar-refractivity contribution is 7.21. The van der Waals surface area contributed by atoms with E-state index in [-0.39, 0.29) is 11.7 Å². The number of thiazole rings is 1. The lowest BCUT2D eigenvalue weighted by molar-refractivity contribution is -0.150. The maximum atomic E-state index is 12.5. The molecule has 0 radical (unpaired) electrons. The van der Waals surface area contributed by atoms with Crippen LogP contribution in [-0.4, -0.2) is 35.4 Å². The smallest absolute Gasteiger partial charge is 0.329 e. The number of rotatable bonds is 8. The fourth-order valence-electron chi connectivity index (χ4n) is 3.39. The predicted molar refractivity (Wildman–Crippen MR) is 134 cm³/mol. The number of nitrogens with one attached hydrogen (secondary N) is 2. The van der Waals surface area contributed by atoms with Crippen molar-refractivity contribution in [2.24, 2.45) is 5.92 Å². The standard InChI is InChI=1S/C26H25N3O5S/c1-15(2)23(29-24(31)20-5-4-12-33-20)26(32)34-14-22(30)27-18-9-7-17(8-10-18)25-28-19-11-6-16(3)13-21(19)35-25/h4-13,15,23H,14H2,1-3H3,(H,27,30)(H,29,31)/t23-/m1/s1. The fourth-order valence-corrected chi connectivity index (χ4v) is 4.46. The van der Waals surface area contributed by atoms with Crippen molar-refractivity contribution in [3.05, 3.63) is 72.2 Å². The van der Waals surface area contributed by atoms with Crippen molar-refractivity contribution < 1.29 is 23.5 Å².